The molecule has 0 spiro atoms. The quantitative estimate of drug-likeness (QED) is 0.0187. The molecule has 0 fully saturated rings. The number of carbonyl (C=O) groups excluding carboxylic acids is 5. The summed E-state index contributed by atoms with van der Waals surface area (Å²) >= 11 is 5.86. The van der Waals surface area contributed by atoms with Gasteiger partial charge in [-0.1, -0.05) is 60.1 Å². The summed E-state index contributed by atoms with van der Waals surface area (Å²) in [6, 6.07) is 23.9. The van der Waals surface area contributed by atoms with E-state index in [1.807, 2.05) is 36.4 Å². The highest BCUT2D eigenvalue weighted by atomic mass is 35.5. The molecule has 0 aliphatic rings. The molecule has 24 nitrogen and oxygen atoms in total. The third kappa shape index (κ3) is 24.5. The standard InChI is InChI=1S/C52H75ClN18O6/c53-42-44(57)67-43(56)41(66-42)49(76)70-52(60)65-26-10-7-15-35-22-24-38(25-23-35)77-34-33-71(31-13-29-61-47(74)39(54)20-8-11-27-63-50(58)68-45(72)36-16-3-1-4-17-36)32-14-30-62-48(75)40(55)21-9-12-28-64-51(59)69-46(73)37-18-5-2-6-19-37/h1-6,16-19,22-25,39-40H,7-15,20-21,26-34,54-55H2,(H,61,74)(H,62,75)(H4,56,57,67)(H3,58,63,68,72)(H3,59,64,69,73)(H3,60,65,70,76)/t39-,40-/m0/s1. The van der Waals surface area contributed by atoms with E-state index in [1.54, 1.807) is 48.5 Å². The summed E-state index contributed by atoms with van der Waals surface area (Å²) in [4.78, 5) is 85.2. The molecule has 0 saturated heterocycles. The number of ether oxygens (including phenoxy) is 1. The molecular weight excluding hydrogens is 1010 g/mol. The van der Waals surface area contributed by atoms with Crippen LogP contribution in [0.2, 0.25) is 5.15 Å². The van der Waals surface area contributed by atoms with Gasteiger partial charge in [-0.2, -0.15) is 0 Å². The number of unbranched alkanes of at least 4 members (excludes halogenated alkanes) is 3. The number of guanidine groups is 3. The third-order valence-corrected chi connectivity index (χ3v) is 11.9. The van der Waals surface area contributed by atoms with Gasteiger partial charge in [0, 0.05) is 50.4 Å². The van der Waals surface area contributed by atoms with Gasteiger partial charge in [-0.25, -0.2) is 9.97 Å². The van der Waals surface area contributed by atoms with Crippen molar-refractivity contribution in [3.63, 3.8) is 0 Å². The van der Waals surface area contributed by atoms with Crippen molar-refractivity contribution in [1.82, 2.24) is 41.5 Å². The molecule has 1 aromatic heterocycles. The van der Waals surface area contributed by atoms with Crippen LogP contribution < -0.4 is 71.5 Å². The van der Waals surface area contributed by atoms with Gasteiger partial charge >= 0.3 is 0 Å². The molecule has 0 aliphatic heterocycles. The van der Waals surface area contributed by atoms with Crippen LogP contribution in [-0.2, 0) is 16.0 Å². The van der Waals surface area contributed by atoms with Crippen LogP contribution in [0.5, 0.6) is 5.75 Å². The van der Waals surface area contributed by atoms with Crippen LogP contribution in [0.25, 0.3) is 0 Å². The number of nitrogens with one attached hydrogen (secondary N) is 5. The fourth-order valence-electron chi connectivity index (χ4n) is 7.38. The summed E-state index contributed by atoms with van der Waals surface area (Å²) in [5, 5.41) is 13.3. The summed E-state index contributed by atoms with van der Waals surface area (Å²) in [6.45, 7) is 4.26. The van der Waals surface area contributed by atoms with Crippen molar-refractivity contribution in [3.05, 3.63) is 112 Å². The highest BCUT2D eigenvalue weighted by molar-refractivity contribution is 6.31. The van der Waals surface area contributed by atoms with E-state index in [-0.39, 0.29) is 64.0 Å². The van der Waals surface area contributed by atoms with Crippen molar-refractivity contribution in [2.45, 2.75) is 82.7 Å². The minimum absolute atomic E-state index is 0.0277. The van der Waals surface area contributed by atoms with Crippen LogP contribution in [0.1, 0.15) is 101 Å². The molecule has 416 valence electrons. The zero-order chi connectivity index (χ0) is 55.8. The van der Waals surface area contributed by atoms with Crippen LogP contribution in [0.3, 0.4) is 0 Å². The molecule has 77 heavy (non-hydrogen) atoms. The summed E-state index contributed by atoms with van der Waals surface area (Å²) in [6.07, 6.45) is 7.11. The normalized spacial score (nSPS) is 12.6. The maximum Gasteiger partial charge on any atom is 0.280 e. The molecule has 5 amide bonds. The molecule has 4 aromatic rings. The summed E-state index contributed by atoms with van der Waals surface area (Å²) < 4.78 is 6.13. The van der Waals surface area contributed by atoms with Crippen molar-refractivity contribution in [1.29, 1.82) is 0 Å². The van der Waals surface area contributed by atoms with Gasteiger partial charge in [0.2, 0.25) is 11.8 Å². The van der Waals surface area contributed by atoms with E-state index in [2.05, 4.69) is 56.4 Å². The molecular formula is C52H75ClN18O6. The zero-order valence-electron chi connectivity index (χ0n) is 43.4. The van der Waals surface area contributed by atoms with Crippen LogP contribution in [0.4, 0.5) is 11.6 Å². The van der Waals surface area contributed by atoms with E-state index in [4.69, 9.17) is 56.5 Å². The topological polar surface area (TPSA) is 403 Å². The molecule has 4 rings (SSSR count). The lowest BCUT2D eigenvalue weighted by molar-refractivity contribution is -0.123. The van der Waals surface area contributed by atoms with Gasteiger partial charge in [-0.15, -0.1) is 0 Å². The van der Waals surface area contributed by atoms with E-state index in [9.17, 15) is 24.0 Å². The van der Waals surface area contributed by atoms with Gasteiger partial charge in [-0.05, 0) is 126 Å². The first-order valence-electron chi connectivity index (χ1n) is 25.6. The lowest BCUT2D eigenvalue weighted by Gasteiger charge is -2.23. The van der Waals surface area contributed by atoms with E-state index in [1.165, 1.54) is 0 Å². The minimum Gasteiger partial charge on any atom is -0.492 e. The highest BCUT2D eigenvalue weighted by Gasteiger charge is 2.18. The SMILES string of the molecule is NC(=NCCCC[C@H](N)C(=O)NCCCN(CCCNC(=O)[C@@H](N)CCCCN=C(N)NC(=O)c1ccccc1)CCOc1ccc(CCCCN=C(N)NC(=O)c2nc(Cl)c(N)nc2N)cc1)NC(=O)c1ccccc1. The number of aryl methyl sites for hydroxylation is 1. The van der Waals surface area contributed by atoms with Crippen molar-refractivity contribution in [3.8, 4) is 5.75 Å². The van der Waals surface area contributed by atoms with Crippen LogP contribution >= 0.6 is 11.6 Å². The Morgan fingerprint density at radius 3 is 1.49 bits per heavy atom. The second-order valence-electron chi connectivity index (χ2n) is 17.8. The number of carbonyl (C=O) groups is 5. The number of anilines is 2. The Balaban J connectivity index is 1.16. The van der Waals surface area contributed by atoms with Gasteiger partial charge in [-0.3, -0.25) is 59.8 Å². The Kier molecular flexibility index (Phi) is 27.7. The number of rotatable bonds is 32. The van der Waals surface area contributed by atoms with E-state index >= 15 is 0 Å². The molecule has 0 aliphatic carbocycles. The first kappa shape index (κ1) is 61.6. The number of hydrogen-bond acceptors (Lipinski definition) is 16. The number of aromatic nitrogens is 2. The molecule has 3 aromatic carbocycles. The number of benzene rings is 3. The molecule has 0 radical (unpaired) electrons. The zero-order valence-corrected chi connectivity index (χ0v) is 44.2. The van der Waals surface area contributed by atoms with Crippen molar-refractivity contribution >= 4 is 70.7 Å². The van der Waals surface area contributed by atoms with Crippen LogP contribution in [-0.4, -0.2) is 133 Å². The monoisotopic (exact) mass is 1080 g/mol. The van der Waals surface area contributed by atoms with Crippen LogP contribution in [0, 0.1) is 0 Å². The number of aliphatic imine (C=N–C) groups is 3. The predicted octanol–water partition coefficient (Wildman–Crippen LogP) is 1.54. The molecule has 0 bridgehead atoms. The van der Waals surface area contributed by atoms with Gasteiger partial charge in [0.25, 0.3) is 17.7 Å². The maximum absolute atomic E-state index is 12.8. The maximum atomic E-state index is 12.8. The number of hydrogen-bond donors (Lipinski definition) is 12. The largest absolute Gasteiger partial charge is 0.492 e. The van der Waals surface area contributed by atoms with Crippen LogP contribution in [0.15, 0.2) is 99.9 Å². The summed E-state index contributed by atoms with van der Waals surface area (Å²) in [7, 11) is 0. The number of nitrogen functional groups attached to an aromatic ring is 2. The van der Waals surface area contributed by atoms with Gasteiger partial charge < -0.3 is 55.5 Å². The molecule has 0 saturated carbocycles. The average molecular weight is 1080 g/mol. The minimum atomic E-state index is -0.703. The Labute approximate surface area is 454 Å². The Hall–Kier alpha value is -7.93. The summed E-state index contributed by atoms with van der Waals surface area (Å²) in [5.74, 6) is -1.46. The fourth-order valence-corrected chi connectivity index (χ4v) is 7.51. The smallest absolute Gasteiger partial charge is 0.280 e. The van der Waals surface area contributed by atoms with Gasteiger partial charge in [0.1, 0.15) is 12.4 Å². The van der Waals surface area contributed by atoms with Gasteiger partial charge in [0.05, 0.1) is 12.1 Å². The number of amides is 5. The first-order valence-corrected chi connectivity index (χ1v) is 26.0. The second-order valence-corrected chi connectivity index (χ2v) is 18.2. The van der Waals surface area contributed by atoms with E-state index < -0.39 is 18.0 Å². The van der Waals surface area contributed by atoms with Gasteiger partial charge in [0.15, 0.2) is 40.4 Å². The van der Waals surface area contributed by atoms with Crippen molar-refractivity contribution < 1.29 is 28.7 Å². The second kappa shape index (κ2) is 34.6. The number of halogens is 1. The van der Waals surface area contributed by atoms with Crippen molar-refractivity contribution in [2.75, 3.05) is 70.4 Å². The van der Waals surface area contributed by atoms with Crippen molar-refractivity contribution in [2.24, 2.45) is 43.6 Å². The number of nitrogens with zero attached hydrogens (tertiary/aromatic N) is 6. The highest BCUT2D eigenvalue weighted by Crippen LogP contribution is 2.18. The Morgan fingerprint density at radius 2 is 1.01 bits per heavy atom. The summed E-state index contributed by atoms with van der Waals surface area (Å²) in [5.41, 5.74) is 43.2. The first-order chi connectivity index (χ1) is 37.1. The lowest BCUT2D eigenvalue weighted by atomic mass is 10.1. The average Bonchev–Trinajstić information content (AvgIpc) is 3.42. The molecule has 2 atom stereocenters. The molecule has 1 heterocycles. The molecule has 25 heteroatoms. The Bertz CT molecular complexity index is 2470. The van der Waals surface area contributed by atoms with E-state index in [0.717, 1.165) is 18.4 Å². The Morgan fingerprint density at radius 1 is 0.558 bits per heavy atom. The fraction of sp³-hybridized carbons (Fsp3) is 0.423. The third-order valence-electron chi connectivity index (χ3n) is 11.7. The number of nitrogens with two attached hydrogens (primary N) is 7. The lowest BCUT2D eigenvalue weighted by Crippen LogP contribution is -2.42. The predicted molar refractivity (Wildman–Crippen MR) is 301 cm³/mol. The molecule has 0 unspecified atom stereocenters. The van der Waals surface area contributed by atoms with E-state index in [0.29, 0.717) is 134 Å². The molecule has 19 N–H and O–H groups in total.